The predicted molar refractivity (Wildman–Crippen MR) is 73.5 cm³/mol. The van der Waals surface area contributed by atoms with Gasteiger partial charge in [0.1, 0.15) is 5.82 Å². The molecular weight excluding hydrogens is 226 g/mol. The number of aliphatic hydroxyl groups excluding tert-OH is 1. The van der Waals surface area contributed by atoms with E-state index >= 15 is 0 Å². The third-order valence-electron chi connectivity index (χ3n) is 3.45. The molecule has 2 rings (SSSR count). The molecule has 1 aromatic heterocycles. The SMILES string of the molecule is CCNc1cc(CN2CCCC(CO)C2)ccn1. The van der Waals surface area contributed by atoms with E-state index in [4.69, 9.17) is 0 Å². The molecule has 1 aromatic rings. The van der Waals surface area contributed by atoms with Gasteiger partial charge in [-0.3, -0.25) is 4.90 Å². The largest absolute Gasteiger partial charge is 0.396 e. The summed E-state index contributed by atoms with van der Waals surface area (Å²) in [6.45, 7) is 6.38. The lowest BCUT2D eigenvalue weighted by atomic mass is 9.98. The molecule has 1 aliphatic heterocycles. The Labute approximate surface area is 109 Å². The molecule has 1 aliphatic rings. The Hall–Kier alpha value is -1.13. The Morgan fingerprint density at radius 1 is 1.56 bits per heavy atom. The molecular formula is C14H23N3O. The molecule has 100 valence electrons. The van der Waals surface area contributed by atoms with Crippen LogP contribution in [0, 0.1) is 5.92 Å². The van der Waals surface area contributed by atoms with Gasteiger partial charge in [0.05, 0.1) is 0 Å². The van der Waals surface area contributed by atoms with Crippen molar-refractivity contribution in [2.75, 3.05) is 31.6 Å². The molecule has 0 aromatic carbocycles. The van der Waals surface area contributed by atoms with Crippen molar-refractivity contribution in [3.63, 3.8) is 0 Å². The van der Waals surface area contributed by atoms with Crippen LogP contribution in [0.15, 0.2) is 18.3 Å². The number of aromatic nitrogens is 1. The molecule has 1 unspecified atom stereocenters. The second-order valence-corrected chi connectivity index (χ2v) is 5.01. The number of hydrogen-bond acceptors (Lipinski definition) is 4. The molecule has 2 heterocycles. The van der Waals surface area contributed by atoms with Gasteiger partial charge in [0.2, 0.25) is 0 Å². The van der Waals surface area contributed by atoms with Gasteiger partial charge in [-0.1, -0.05) is 0 Å². The number of nitrogens with one attached hydrogen (secondary N) is 1. The topological polar surface area (TPSA) is 48.4 Å². The highest BCUT2D eigenvalue weighted by Gasteiger charge is 2.19. The van der Waals surface area contributed by atoms with Crippen LogP contribution in [0.3, 0.4) is 0 Å². The van der Waals surface area contributed by atoms with E-state index in [1.54, 1.807) is 0 Å². The van der Waals surface area contributed by atoms with E-state index < -0.39 is 0 Å². The van der Waals surface area contributed by atoms with E-state index in [1.807, 2.05) is 6.20 Å². The van der Waals surface area contributed by atoms with Crippen LogP contribution in [-0.4, -0.2) is 41.2 Å². The second kappa shape index (κ2) is 6.71. The zero-order valence-electron chi connectivity index (χ0n) is 11.1. The van der Waals surface area contributed by atoms with Gasteiger partial charge in [-0.2, -0.15) is 0 Å². The number of pyridine rings is 1. The van der Waals surface area contributed by atoms with Crippen molar-refractivity contribution in [2.24, 2.45) is 5.92 Å². The lowest BCUT2D eigenvalue weighted by Crippen LogP contribution is -2.36. The van der Waals surface area contributed by atoms with Crippen LogP contribution in [0.5, 0.6) is 0 Å². The first kappa shape index (κ1) is 13.3. The van der Waals surface area contributed by atoms with Gasteiger partial charge in [0.15, 0.2) is 0 Å². The van der Waals surface area contributed by atoms with Gasteiger partial charge in [0.25, 0.3) is 0 Å². The van der Waals surface area contributed by atoms with Crippen LogP contribution in [-0.2, 0) is 6.54 Å². The fourth-order valence-corrected chi connectivity index (χ4v) is 2.55. The van der Waals surface area contributed by atoms with Crippen molar-refractivity contribution in [3.05, 3.63) is 23.9 Å². The summed E-state index contributed by atoms with van der Waals surface area (Å²) in [5.74, 6) is 1.40. The Morgan fingerprint density at radius 2 is 2.44 bits per heavy atom. The maximum absolute atomic E-state index is 9.24. The van der Waals surface area contributed by atoms with Crippen molar-refractivity contribution in [1.29, 1.82) is 0 Å². The maximum Gasteiger partial charge on any atom is 0.126 e. The molecule has 0 bridgehead atoms. The van der Waals surface area contributed by atoms with Gasteiger partial charge in [-0.15, -0.1) is 0 Å². The molecule has 1 atom stereocenters. The molecule has 0 amide bonds. The second-order valence-electron chi connectivity index (χ2n) is 5.01. The monoisotopic (exact) mass is 249 g/mol. The number of likely N-dealkylation sites (tertiary alicyclic amines) is 1. The maximum atomic E-state index is 9.24. The quantitative estimate of drug-likeness (QED) is 0.834. The van der Waals surface area contributed by atoms with E-state index in [1.165, 1.54) is 12.0 Å². The van der Waals surface area contributed by atoms with Crippen LogP contribution in [0.2, 0.25) is 0 Å². The molecule has 2 N–H and O–H groups in total. The normalized spacial score (nSPS) is 20.9. The average Bonchev–Trinajstić information content (AvgIpc) is 2.40. The minimum Gasteiger partial charge on any atom is -0.396 e. The predicted octanol–water partition coefficient (Wildman–Crippen LogP) is 1.72. The summed E-state index contributed by atoms with van der Waals surface area (Å²) in [4.78, 5) is 6.71. The Kier molecular flexibility index (Phi) is 4.96. The van der Waals surface area contributed by atoms with Crippen LogP contribution >= 0.6 is 0 Å². The van der Waals surface area contributed by atoms with Crippen LogP contribution in [0.25, 0.3) is 0 Å². The first-order valence-electron chi connectivity index (χ1n) is 6.84. The summed E-state index contributed by atoms with van der Waals surface area (Å²) in [6.07, 6.45) is 4.21. The Morgan fingerprint density at radius 3 is 3.22 bits per heavy atom. The van der Waals surface area contributed by atoms with Gasteiger partial charge in [-0.25, -0.2) is 4.98 Å². The number of hydrogen-bond donors (Lipinski definition) is 2. The molecule has 0 aliphatic carbocycles. The van der Waals surface area contributed by atoms with Gasteiger partial charge < -0.3 is 10.4 Å². The third-order valence-corrected chi connectivity index (χ3v) is 3.45. The van der Waals surface area contributed by atoms with Crippen LogP contribution in [0.1, 0.15) is 25.3 Å². The lowest BCUT2D eigenvalue weighted by Gasteiger charge is -2.31. The summed E-state index contributed by atoms with van der Waals surface area (Å²) in [6, 6.07) is 4.19. The summed E-state index contributed by atoms with van der Waals surface area (Å²) in [5, 5.41) is 12.5. The molecule has 18 heavy (non-hydrogen) atoms. The molecule has 1 fully saturated rings. The number of aliphatic hydroxyl groups is 1. The highest BCUT2D eigenvalue weighted by Crippen LogP contribution is 2.18. The average molecular weight is 249 g/mol. The van der Waals surface area contributed by atoms with E-state index in [0.717, 1.165) is 38.4 Å². The summed E-state index contributed by atoms with van der Waals surface area (Å²) >= 11 is 0. The number of rotatable bonds is 5. The van der Waals surface area contributed by atoms with E-state index in [0.29, 0.717) is 12.5 Å². The fraction of sp³-hybridized carbons (Fsp3) is 0.643. The third kappa shape index (κ3) is 3.68. The minimum atomic E-state index is 0.315. The van der Waals surface area contributed by atoms with Crippen LogP contribution < -0.4 is 5.32 Å². The Bertz CT molecular complexity index is 370. The van der Waals surface area contributed by atoms with Crippen molar-refractivity contribution < 1.29 is 5.11 Å². The molecule has 0 radical (unpaired) electrons. The zero-order valence-corrected chi connectivity index (χ0v) is 11.1. The van der Waals surface area contributed by atoms with E-state index in [2.05, 4.69) is 34.3 Å². The Balaban J connectivity index is 1.93. The molecule has 0 spiro atoms. The number of piperidine rings is 1. The summed E-state index contributed by atoms with van der Waals surface area (Å²) < 4.78 is 0. The zero-order chi connectivity index (χ0) is 12.8. The van der Waals surface area contributed by atoms with Gasteiger partial charge in [0, 0.05) is 32.4 Å². The van der Waals surface area contributed by atoms with Crippen molar-refractivity contribution in [1.82, 2.24) is 9.88 Å². The number of nitrogens with zero attached hydrogens (tertiary/aromatic N) is 2. The highest BCUT2D eigenvalue weighted by atomic mass is 16.3. The lowest BCUT2D eigenvalue weighted by molar-refractivity contribution is 0.116. The molecule has 0 saturated carbocycles. The van der Waals surface area contributed by atoms with E-state index in [-0.39, 0.29) is 0 Å². The van der Waals surface area contributed by atoms with E-state index in [9.17, 15) is 5.11 Å². The molecule has 1 saturated heterocycles. The van der Waals surface area contributed by atoms with Crippen molar-refractivity contribution >= 4 is 5.82 Å². The molecule has 4 nitrogen and oxygen atoms in total. The highest BCUT2D eigenvalue weighted by molar-refractivity contribution is 5.37. The standard InChI is InChI=1S/C14H23N3O/c1-2-15-14-8-12(5-6-16-14)9-17-7-3-4-13(10-17)11-18/h5-6,8,13,18H,2-4,7,9-11H2,1H3,(H,15,16). The minimum absolute atomic E-state index is 0.315. The van der Waals surface area contributed by atoms with Crippen molar-refractivity contribution in [2.45, 2.75) is 26.3 Å². The number of anilines is 1. The summed E-state index contributed by atoms with van der Waals surface area (Å²) in [7, 11) is 0. The van der Waals surface area contributed by atoms with Gasteiger partial charge >= 0.3 is 0 Å². The first-order chi connectivity index (χ1) is 8.81. The molecule has 4 heteroatoms. The first-order valence-corrected chi connectivity index (χ1v) is 6.84. The smallest absolute Gasteiger partial charge is 0.126 e. The fourth-order valence-electron chi connectivity index (χ4n) is 2.55. The van der Waals surface area contributed by atoms with Gasteiger partial charge in [-0.05, 0) is 49.9 Å². The van der Waals surface area contributed by atoms with Crippen molar-refractivity contribution in [3.8, 4) is 0 Å². The van der Waals surface area contributed by atoms with Crippen LogP contribution in [0.4, 0.5) is 5.82 Å². The summed E-state index contributed by atoms with van der Waals surface area (Å²) in [5.41, 5.74) is 1.29.